The van der Waals surface area contributed by atoms with Gasteiger partial charge < -0.3 is 9.64 Å². The average Bonchev–Trinajstić information content (AvgIpc) is 3.18. The Kier molecular flexibility index (Phi) is 6.48. The van der Waals surface area contributed by atoms with Crippen LogP contribution in [-0.4, -0.2) is 85.4 Å². The number of fused-ring (bicyclic) bond motifs is 3. The van der Waals surface area contributed by atoms with Crippen LogP contribution in [0.2, 0.25) is 0 Å². The van der Waals surface area contributed by atoms with Crippen molar-refractivity contribution in [2.75, 3.05) is 46.9 Å². The highest BCUT2D eigenvalue weighted by Gasteiger charge is 2.33. The second-order valence-corrected chi connectivity index (χ2v) is 12.2. The van der Waals surface area contributed by atoms with Gasteiger partial charge >= 0.3 is 10.2 Å². The molecule has 5 rings (SSSR count). The Morgan fingerprint density at radius 1 is 1.06 bits per heavy atom. The Labute approximate surface area is 202 Å². The molecule has 2 saturated heterocycles. The van der Waals surface area contributed by atoms with Gasteiger partial charge in [0.05, 0.1) is 5.52 Å². The van der Waals surface area contributed by atoms with Gasteiger partial charge in [-0.1, -0.05) is 6.92 Å². The average molecular weight is 489 g/mol. The SMILES string of the molecule is CC1CCN(C(=O)c2ccc3c(c2)c2c(n3S(=O)(=O)N(C)C)CCN(C3CCOCC3)C2)CC1. The summed E-state index contributed by atoms with van der Waals surface area (Å²) in [5.74, 6) is 0.697. The largest absolute Gasteiger partial charge is 0.381 e. The predicted octanol–water partition coefficient (Wildman–Crippen LogP) is 2.71. The standard InChI is InChI=1S/C25H36N4O4S/c1-18-6-11-27(12-7-18)25(30)19-4-5-23-21(16-19)22-17-28(20-9-14-33-15-10-20)13-8-24(22)29(23)34(31,32)26(2)3/h4-5,16,18,20H,6-15,17H2,1-3H3. The van der Waals surface area contributed by atoms with Crippen LogP contribution in [0.15, 0.2) is 18.2 Å². The Balaban J connectivity index is 1.57. The van der Waals surface area contributed by atoms with Gasteiger partial charge in [-0.2, -0.15) is 12.7 Å². The van der Waals surface area contributed by atoms with Crippen LogP contribution in [0.5, 0.6) is 0 Å². The molecule has 1 aromatic heterocycles. The summed E-state index contributed by atoms with van der Waals surface area (Å²) < 4.78 is 35.0. The number of hydrogen-bond donors (Lipinski definition) is 0. The minimum Gasteiger partial charge on any atom is -0.381 e. The second-order valence-electron chi connectivity index (χ2n) is 10.3. The first-order valence-electron chi connectivity index (χ1n) is 12.5. The number of hydrogen-bond acceptors (Lipinski definition) is 5. The van der Waals surface area contributed by atoms with Crippen LogP contribution in [-0.2, 0) is 27.9 Å². The molecule has 0 unspecified atom stereocenters. The number of piperidine rings is 1. The lowest BCUT2D eigenvalue weighted by atomic mass is 9.97. The zero-order valence-corrected chi connectivity index (χ0v) is 21.3. The first-order chi connectivity index (χ1) is 16.3. The highest BCUT2D eigenvalue weighted by atomic mass is 32.2. The van der Waals surface area contributed by atoms with Crippen LogP contribution in [0.1, 0.15) is 54.2 Å². The van der Waals surface area contributed by atoms with Gasteiger partial charge in [0.2, 0.25) is 0 Å². The molecule has 2 fully saturated rings. The van der Waals surface area contributed by atoms with E-state index in [1.165, 1.54) is 8.28 Å². The molecule has 0 N–H and O–H groups in total. The summed E-state index contributed by atoms with van der Waals surface area (Å²) in [5, 5.41) is 0.883. The van der Waals surface area contributed by atoms with Crippen LogP contribution in [0.25, 0.3) is 10.9 Å². The summed E-state index contributed by atoms with van der Waals surface area (Å²) >= 11 is 0. The number of amides is 1. The monoisotopic (exact) mass is 488 g/mol. The molecule has 186 valence electrons. The van der Waals surface area contributed by atoms with Crippen molar-refractivity contribution in [1.29, 1.82) is 0 Å². The summed E-state index contributed by atoms with van der Waals surface area (Å²) in [6.45, 7) is 6.88. The third-order valence-electron chi connectivity index (χ3n) is 7.85. The third-order valence-corrected chi connectivity index (χ3v) is 9.65. The summed E-state index contributed by atoms with van der Waals surface area (Å²) in [6.07, 6.45) is 4.73. The van der Waals surface area contributed by atoms with Gasteiger partial charge in [0.25, 0.3) is 5.91 Å². The third kappa shape index (κ3) is 4.17. The van der Waals surface area contributed by atoms with E-state index in [1.54, 1.807) is 20.2 Å². The van der Waals surface area contributed by atoms with Gasteiger partial charge in [-0.3, -0.25) is 9.69 Å². The van der Waals surface area contributed by atoms with Crippen molar-refractivity contribution in [2.45, 2.75) is 51.6 Å². The molecular weight excluding hydrogens is 452 g/mol. The van der Waals surface area contributed by atoms with Crippen molar-refractivity contribution in [3.8, 4) is 0 Å². The van der Waals surface area contributed by atoms with E-state index in [0.29, 0.717) is 36.0 Å². The van der Waals surface area contributed by atoms with Gasteiger partial charge in [-0.15, -0.1) is 0 Å². The molecular formula is C25H36N4O4S. The summed E-state index contributed by atoms with van der Waals surface area (Å²) in [7, 11) is -0.549. The van der Waals surface area contributed by atoms with E-state index in [-0.39, 0.29) is 5.91 Å². The second kappa shape index (κ2) is 9.26. The predicted molar refractivity (Wildman–Crippen MR) is 132 cm³/mol. The Morgan fingerprint density at radius 3 is 2.44 bits per heavy atom. The molecule has 1 aromatic carbocycles. The van der Waals surface area contributed by atoms with Crippen LogP contribution >= 0.6 is 0 Å². The summed E-state index contributed by atoms with van der Waals surface area (Å²) in [4.78, 5) is 17.7. The van der Waals surface area contributed by atoms with Crippen LogP contribution in [0.4, 0.5) is 0 Å². The van der Waals surface area contributed by atoms with Gasteiger partial charge in [-0.05, 0) is 55.4 Å². The van der Waals surface area contributed by atoms with E-state index in [2.05, 4.69) is 11.8 Å². The maximum Gasteiger partial charge on any atom is 0.307 e. The van der Waals surface area contributed by atoms with Crippen molar-refractivity contribution in [3.63, 3.8) is 0 Å². The van der Waals surface area contributed by atoms with Crippen LogP contribution in [0, 0.1) is 5.92 Å². The molecule has 0 spiro atoms. The van der Waals surface area contributed by atoms with E-state index in [9.17, 15) is 13.2 Å². The number of carbonyl (C=O) groups is 1. The van der Waals surface area contributed by atoms with Crippen molar-refractivity contribution in [1.82, 2.24) is 18.1 Å². The van der Waals surface area contributed by atoms with Gasteiger partial charge in [0.1, 0.15) is 0 Å². The molecule has 0 aliphatic carbocycles. The molecule has 0 bridgehead atoms. The van der Waals surface area contributed by atoms with Gasteiger partial charge in [-0.25, -0.2) is 3.97 Å². The minimum atomic E-state index is -3.69. The summed E-state index contributed by atoms with van der Waals surface area (Å²) in [6, 6.07) is 6.01. The van der Waals surface area contributed by atoms with Crippen molar-refractivity contribution in [3.05, 3.63) is 35.0 Å². The van der Waals surface area contributed by atoms with E-state index < -0.39 is 10.2 Å². The summed E-state index contributed by atoms with van der Waals surface area (Å²) in [5.41, 5.74) is 3.20. The fourth-order valence-corrected chi connectivity index (χ4v) is 6.87. The number of rotatable bonds is 4. The van der Waals surface area contributed by atoms with Crippen molar-refractivity contribution in [2.24, 2.45) is 5.92 Å². The fraction of sp³-hybridized carbons (Fsp3) is 0.640. The number of carbonyl (C=O) groups excluding carboxylic acids is 1. The van der Waals surface area contributed by atoms with E-state index in [1.807, 2.05) is 17.0 Å². The number of ether oxygens (including phenoxy) is 1. The Hall–Kier alpha value is -1.94. The van der Waals surface area contributed by atoms with Crippen LogP contribution in [0.3, 0.4) is 0 Å². The Bertz CT molecular complexity index is 1180. The zero-order valence-electron chi connectivity index (χ0n) is 20.5. The molecule has 2 aromatic rings. The molecule has 0 saturated carbocycles. The number of nitrogens with zero attached hydrogens (tertiary/aromatic N) is 4. The molecule has 4 heterocycles. The maximum absolute atomic E-state index is 13.3. The first kappa shape index (κ1) is 23.8. The van der Waals surface area contributed by atoms with E-state index in [4.69, 9.17) is 4.74 Å². The molecule has 0 atom stereocenters. The highest BCUT2D eigenvalue weighted by Crippen LogP contribution is 2.35. The molecule has 1 amide bonds. The van der Waals surface area contributed by atoms with Crippen molar-refractivity contribution < 1.29 is 17.9 Å². The van der Waals surface area contributed by atoms with Gasteiger partial charge in [0.15, 0.2) is 0 Å². The molecule has 0 radical (unpaired) electrons. The molecule has 34 heavy (non-hydrogen) atoms. The van der Waals surface area contributed by atoms with Crippen molar-refractivity contribution >= 4 is 27.0 Å². The topological polar surface area (TPSA) is 75.1 Å². The van der Waals surface area contributed by atoms with Gasteiger partial charge in [0, 0.05) is 82.6 Å². The zero-order chi connectivity index (χ0) is 24.0. The normalized spacial score (nSPS) is 21.4. The van der Waals surface area contributed by atoms with E-state index in [0.717, 1.165) is 75.2 Å². The quantitative estimate of drug-likeness (QED) is 0.662. The first-order valence-corrected chi connectivity index (χ1v) is 13.9. The molecule has 3 aliphatic rings. The number of likely N-dealkylation sites (tertiary alicyclic amines) is 1. The van der Waals surface area contributed by atoms with Crippen LogP contribution < -0.4 is 0 Å². The van der Waals surface area contributed by atoms with E-state index >= 15 is 0 Å². The lowest BCUT2D eigenvalue weighted by molar-refractivity contribution is 0.0290. The smallest absolute Gasteiger partial charge is 0.307 e. The highest BCUT2D eigenvalue weighted by molar-refractivity contribution is 7.87. The maximum atomic E-state index is 13.3. The molecule has 3 aliphatic heterocycles. The number of aromatic nitrogens is 1. The molecule has 8 nitrogen and oxygen atoms in total. The number of benzene rings is 1. The fourth-order valence-electron chi connectivity index (χ4n) is 5.65. The molecule has 9 heteroatoms. The Morgan fingerprint density at radius 2 is 1.76 bits per heavy atom. The lowest BCUT2D eigenvalue weighted by Crippen LogP contribution is -2.43. The lowest BCUT2D eigenvalue weighted by Gasteiger charge is -2.37. The minimum absolute atomic E-state index is 0.0443.